The fraction of sp³-hybridized carbons (Fsp3) is 0.714. The van der Waals surface area contributed by atoms with Crippen LogP contribution >= 0.6 is 15.9 Å². The second kappa shape index (κ2) is 4.13. The number of halogens is 1. The van der Waals surface area contributed by atoms with Gasteiger partial charge in [-0.05, 0) is 23.7 Å². The molecule has 0 radical (unpaired) electrons. The smallest absolute Gasteiger partial charge is 0.0120 e. The van der Waals surface area contributed by atoms with Crippen molar-refractivity contribution in [2.24, 2.45) is 5.92 Å². The van der Waals surface area contributed by atoms with Gasteiger partial charge >= 0.3 is 0 Å². The minimum Gasteiger partial charge on any atom is -0.0744 e. The van der Waals surface area contributed by atoms with E-state index in [1.807, 2.05) is 0 Å². The molecule has 0 unspecified atom stereocenters. The molecule has 0 aliphatic carbocycles. The average Bonchev–Trinajstić information content (AvgIpc) is 1.61. The van der Waals surface area contributed by atoms with Crippen LogP contribution in [0.1, 0.15) is 27.2 Å². The van der Waals surface area contributed by atoms with Gasteiger partial charge in [0, 0.05) is 0 Å². The van der Waals surface area contributed by atoms with E-state index in [2.05, 4.69) is 42.8 Å². The molecule has 0 atom stereocenters. The highest BCUT2D eigenvalue weighted by Gasteiger charge is 1.87. The van der Waals surface area contributed by atoms with Crippen molar-refractivity contribution in [3.63, 3.8) is 0 Å². The maximum absolute atomic E-state index is 3.36. The molecule has 0 heterocycles. The van der Waals surface area contributed by atoms with Crippen LogP contribution in [0.15, 0.2) is 10.6 Å². The largest absolute Gasteiger partial charge is 0.0744 e. The van der Waals surface area contributed by atoms with E-state index in [1.165, 1.54) is 10.9 Å². The Hall–Kier alpha value is 0.220. The van der Waals surface area contributed by atoms with Crippen molar-refractivity contribution in [1.82, 2.24) is 0 Å². The van der Waals surface area contributed by atoms with Crippen molar-refractivity contribution >= 4 is 15.9 Å². The highest BCUT2D eigenvalue weighted by molar-refractivity contribution is 9.11. The van der Waals surface area contributed by atoms with Crippen LogP contribution in [-0.2, 0) is 0 Å². The van der Waals surface area contributed by atoms with Crippen molar-refractivity contribution in [1.29, 1.82) is 0 Å². The van der Waals surface area contributed by atoms with Crippen LogP contribution in [0.25, 0.3) is 0 Å². The lowest BCUT2D eigenvalue weighted by molar-refractivity contribution is 0.663. The minimum absolute atomic E-state index is 0.780. The van der Waals surface area contributed by atoms with Gasteiger partial charge in [-0.2, -0.15) is 0 Å². The number of allylic oxidation sites excluding steroid dienone is 2. The van der Waals surface area contributed by atoms with Gasteiger partial charge in [0.05, 0.1) is 0 Å². The molecule has 0 rings (SSSR count). The van der Waals surface area contributed by atoms with Crippen molar-refractivity contribution in [2.45, 2.75) is 27.2 Å². The molecule has 0 aliphatic heterocycles. The van der Waals surface area contributed by atoms with Crippen LogP contribution in [0.5, 0.6) is 0 Å². The summed E-state index contributed by atoms with van der Waals surface area (Å²) in [5.74, 6) is 0.780. The third-order valence-electron chi connectivity index (χ3n) is 0.871. The standard InChI is InChI=1S/C7H13Br/c1-6(2)4-5-7(3)8/h5-6H,4H2,1-3H3/b7-5+. The van der Waals surface area contributed by atoms with Crippen LogP contribution in [0, 0.1) is 5.92 Å². The maximum atomic E-state index is 3.36. The SMILES string of the molecule is C/C(Br)=C\CC(C)C. The van der Waals surface area contributed by atoms with Gasteiger partial charge in [-0.15, -0.1) is 0 Å². The van der Waals surface area contributed by atoms with E-state index in [1.54, 1.807) is 0 Å². The summed E-state index contributed by atoms with van der Waals surface area (Å²) in [6.45, 7) is 6.49. The van der Waals surface area contributed by atoms with Gasteiger partial charge in [0.15, 0.2) is 0 Å². The summed E-state index contributed by atoms with van der Waals surface area (Å²) in [4.78, 5) is 0. The van der Waals surface area contributed by atoms with E-state index >= 15 is 0 Å². The molecule has 0 fully saturated rings. The molecule has 0 aromatic heterocycles. The van der Waals surface area contributed by atoms with Crippen molar-refractivity contribution < 1.29 is 0 Å². The van der Waals surface area contributed by atoms with Gasteiger partial charge in [-0.3, -0.25) is 0 Å². The summed E-state index contributed by atoms with van der Waals surface area (Å²) in [7, 11) is 0. The second-order valence-electron chi connectivity index (χ2n) is 2.42. The first-order valence-electron chi connectivity index (χ1n) is 2.95. The lowest BCUT2D eigenvalue weighted by Gasteiger charge is -1.95. The topological polar surface area (TPSA) is 0 Å². The first-order chi connectivity index (χ1) is 3.63. The Morgan fingerprint density at radius 2 is 2.12 bits per heavy atom. The zero-order valence-corrected chi connectivity index (χ0v) is 7.33. The Bertz CT molecular complexity index is 78.4. The number of rotatable bonds is 2. The van der Waals surface area contributed by atoms with Crippen LogP contribution in [0.4, 0.5) is 0 Å². The number of hydrogen-bond acceptors (Lipinski definition) is 0. The highest BCUT2D eigenvalue weighted by Crippen LogP contribution is 2.07. The van der Waals surface area contributed by atoms with Crippen LogP contribution in [0.2, 0.25) is 0 Å². The Morgan fingerprint density at radius 1 is 1.62 bits per heavy atom. The zero-order chi connectivity index (χ0) is 6.57. The third kappa shape index (κ3) is 6.22. The Morgan fingerprint density at radius 3 is 2.25 bits per heavy atom. The van der Waals surface area contributed by atoms with Crippen LogP contribution in [0.3, 0.4) is 0 Å². The maximum Gasteiger partial charge on any atom is -0.0120 e. The van der Waals surface area contributed by atoms with Crippen molar-refractivity contribution in [3.8, 4) is 0 Å². The molecule has 1 heteroatoms. The summed E-state index contributed by atoms with van der Waals surface area (Å²) < 4.78 is 1.24. The molecule has 0 saturated heterocycles. The predicted octanol–water partition coefficient (Wildman–Crippen LogP) is 3.33. The van der Waals surface area contributed by atoms with Gasteiger partial charge < -0.3 is 0 Å². The van der Waals surface area contributed by atoms with Crippen LogP contribution in [-0.4, -0.2) is 0 Å². The first kappa shape index (κ1) is 8.22. The Labute approximate surface area is 60.1 Å². The molecule has 0 aromatic rings. The van der Waals surface area contributed by atoms with E-state index < -0.39 is 0 Å². The molecule has 0 aromatic carbocycles. The molecule has 0 bridgehead atoms. The van der Waals surface area contributed by atoms with Gasteiger partial charge in [-0.1, -0.05) is 35.9 Å². The van der Waals surface area contributed by atoms with Crippen molar-refractivity contribution in [3.05, 3.63) is 10.6 Å². The van der Waals surface area contributed by atoms with Gasteiger partial charge in [0.25, 0.3) is 0 Å². The predicted molar refractivity (Wildman–Crippen MR) is 42.1 cm³/mol. The molecular weight excluding hydrogens is 164 g/mol. The highest BCUT2D eigenvalue weighted by atomic mass is 79.9. The van der Waals surface area contributed by atoms with Gasteiger partial charge in [0.2, 0.25) is 0 Å². The lowest BCUT2D eigenvalue weighted by atomic mass is 10.1. The Balaban J connectivity index is 3.29. The zero-order valence-electron chi connectivity index (χ0n) is 5.74. The van der Waals surface area contributed by atoms with E-state index in [-0.39, 0.29) is 0 Å². The van der Waals surface area contributed by atoms with E-state index in [0.29, 0.717) is 0 Å². The lowest BCUT2D eigenvalue weighted by Crippen LogP contribution is -1.81. The first-order valence-corrected chi connectivity index (χ1v) is 3.74. The normalized spacial score (nSPS) is 12.9. The summed E-state index contributed by atoms with van der Waals surface area (Å²) >= 11 is 3.36. The minimum atomic E-state index is 0.780. The molecular formula is C7H13Br. The summed E-state index contributed by atoms with van der Waals surface area (Å²) in [6.07, 6.45) is 3.38. The number of hydrogen-bond donors (Lipinski definition) is 0. The molecule has 0 spiro atoms. The van der Waals surface area contributed by atoms with E-state index in [4.69, 9.17) is 0 Å². The summed E-state index contributed by atoms with van der Waals surface area (Å²) in [5.41, 5.74) is 0. The molecule has 0 aliphatic rings. The van der Waals surface area contributed by atoms with Gasteiger partial charge in [-0.25, -0.2) is 0 Å². The molecule has 0 nitrogen and oxygen atoms in total. The summed E-state index contributed by atoms with van der Waals surface area (Å²) in [5, 5.41) is 0. The third-order valence-corrected chi connectivity index (χ3v) is 1.19. The fourth-order valence-corrected chi connectivity index (χ4v) is 0.585. The quantitative estimate of drug-likeness (QED) is 0.606. The Kier molecular flexibility index (Phi) is 4.25. The molecule has 0 saturated carbocycles. The van der Waals surface area contributed by atoms with E-state index in [0.717, 1.165) is 5.92 Å². The molecule has 0 amide bonds. The van der Waals surface area contributed by atoms with E-state index in [9.17, 15) is 0 Å². The monoisotopic (exact) mass is 176 g/mol. The molecule has 48 valence electrons. The van der Waals surface area contributed by atoms with Gasteiger partial charge in [0.1, 0.15) is 0 Å². The molecule has 0 N–H and O–H groups in total. The van der Waals surface area contributed by atoms with Crippen molar-refractivity contribution in [2.75, 3.05) is 0 Å². The average molecular weight is 177 g/mol. The summed E-state index contributed by atoms with van der Waals surface area (Å²) in [6, 6.07) is 0. The molecule has 8 heavy (non-hydrogen) atoms. The fourth-order valence-electron chi connectivity index (χ4n) is 0.398. The van der Waals surface area contributed by atoms with Crippen LogP contribution < -0.4 is 0 Å². The second-order valence-corrected chi connectivity index (χ2v) is 3.67.